The highest BCUT2D eigenvalue weighted by Crippen LogP contribution is 2.22. The highest BCUT2D eigenvalue weighted by Gasteiger charge is 2.12. The van der Waals surface area contributed by atoms with Crippen LogP contribution >= 0.6 is 0 Å². The lowest BCUT2D eigenvalue weighted by atomic mass is 10.1. The van der Waals surface area contributed by atoms with Gasteiger partial charge in [-0.25, -0.2) is 4.79 Å². The van der Waals surface area contributed by atoms with Gasteiger partial charge in [0.15, 0.2) is 9.76 Å². The van der Waals surface area contributed by atoms with Crippen molar-refractivity contribution in [3.8, 4) is 0 Å². The van der Waals surface area contributed by atoms with Crippen LogP contribution in [0.2, 0.25) is 5.54 Å². The van der Waals surface area contributed by atoms with Crippen molar-refractivity contribution in [2.45, 2.75) is 51.0 Å². The summed E-state index contributed by atoms with van der Waals surface area (Å²) in [5, 5.41) is 8.72. The van der Waals surface area contributed by atoms with Crippen LogP contribution in [0.15, 0.2) is 12.2 Å². The number of rotatable bonds is 10. The number of hydrogen-bond donors (Lipinski definition) is 1. The topological polar surface area (TPSA) is 46.5 Å². The third-order valence-electron chi connectivity index (χ3n) is 2.78. The summed E-state index contributed by atoms with van der Waals surface area (Å²) in [6, 6.07) is 0. The van der Waals surface area contributed by atoms with E-state index in [1.54, 1.807) is 7.11 Å². The Labute approximate surface area is 101 Å². The van der Waals surface area contributed by atoms with Crippen LogP contribution in [0.25, 0.3) is 0 Å². The van der Waals surface area contributed by atoms with Crippen molar-refractivity contribution < 1.29 is 14.3 Å². The van der Waals surface area contributed by atoms with Gasteiger partial charge in [0.2, 0.25) is 0 Å². The molecule has 4 heteroatoms. The van der Waals surface area contributed by atoms with E-state index in [4.69, 9.17) is 9.53 Å². The van der Waals surface area contributed by atoms with Crippen molar-refractivity contribution in [3.05, 3.63) is 12.2 Å². The molecule has 0 bridgehead atoms. The largest absolute Gasteiger partial charge is 0.478 e. The summed E-state index contributed by atoms with van der Waals surface area (Å²) in [5.74, 6) is -0.869. The maximum absolute atomic E-state index is 10.6. The molecule has 1 unspecified atom stereocenters. The minimum absolute atomic E-state index is 0.325. The molecule has 0 aromatic carbocycles. The van der Waals surface area contributed by atoms with Gasteiger partial charge in [0, 0.05) is 12.7 Å². The molecule has 16 heavy (non-hydrogen) atoms. The van der Waals surface area contributed by atoms with Crippen LogP contribution in [0.3, 0.4) is 0 Å². The second kappa shape index (κ2) is 9.60. The Hall–Kier alpha value is -0.613. The molecule has 0 spiro atoms. The van der Waals surface area contributed by atoms with Crippen LogP contribution in [-0.2, 0) is 9.22 Å². The number of unbranched alkanes of at least 4 members (excludes halogenated alkanes) is 2. The standard InChI is InChI=1S/C12H24O3Si/c1-4-5-6-7-11(16-15-3)9-8-10(2)12(13)14/h11H,2,4-9,16H2,1,3H3,(H,13,14). The van der Waals surface area contributed by atoms with E-state index in [9.17, 15) is 4.79 Å². The lowest BCUT2D eigenvalue weighted by Gasteiger charge is -2.14. The van der Waals surface area contributed by atoms with Gasteiger partial charge in [-0.15, -0.1) is 0 Å². The van der Waals surface area contributed by atoms with Crippen molar-refractivity contribution in [1.29, 1.82) is 0 Å². The molecule has 3 nitrogen and oxygen atoms in total. The molecular weight excluding hydrogens is 220 g/mol. The van der Waals surface area contributed by atoms with Crippen LogP contribution in [0, 0.1) is 0 Å². The molecule has 0 rings (SSSR count). The molecule has 0 saturated heterocycles. The second-order valence-corrected chi connectivity index (χ2v) is 6.33. The zero-order valence-corrected chi connectivity index (χ0v) is 11.9. The summed E-state index contributed by atoms with van der Waals surface area (Å²) < 4.78 is 5.29. The van der Waals surface area contributed by atoms with E-state index in [1.165, 1.54) is 25.7 Å². The molecule has 0 amide bonds. The molecule has 94 valence electrons. The van der Waals surface area contributed by atoms with Gasteiger partial charge in [-0.3, -0.25) is 0 Å². The van der Waals surface area contributed by atoms with E-state index in [2.05, 4.69) is 13.5 Å². The average Bonchev–Trinajstić information content (AvgIpc) is 2.25. The van der Waals surface area contributed by atoms with Gasteiger partial charge in [0.25, 0.3) is 0 Å². The first kappa shape index (κ1) is 15.4. The quantitative estimate of drug-likeness (QED) is 0.365. The van der Waals surface area contributed by atoms with Crippen molar-refractivity contribution in [2.75, 3.05) is 7.11 Å². The zero-order chi connectivity index (χ0) is 12.4. The monoisotopic (exact) mass is 244 g/mol. The molecule has 1 atom stereocenters. The fourth-order valence-corrected chi connectivity index (χ4v) is 3.01. The van der Waals surface area contributed by atoms with Crippen molar-refractivity contribution in [3.63, 3.8) is 0 Å². The summed E-state index contributed by atoms with van der Waals surface area (Å²) in [6.45, 7) is 5.75. The van der Waals surface area contributed by atoms with Gasteiger partial charge in [-0.2, -0.15) is 0 Å². The Balaban J connectivity index is 3.83. The predicted molar refractivity (Wildman–Crippen MR) is 69.5 cm³/mol. The first-order valence-electron chi connectivity index (χ1n) is 6.01. The number of aliphatic carboxylic acids is 1. The molecule has 1 N–H and O–H groups in total. The van der Waals surface area contributed by atoms with Crippen molar-refractivity contribution >= 4 is 15.7 Å². The first-order chi connectivity index (χ1) is 7.61. The number of carboxylic acids is 1. The zero-order valence-electron chi connectivity index (χ0n) is 10.5. The van der Waals surface area contributed by atoms with E-state index in [0.29, 0.717) is 17.5 Å². The third-order valence-corrected chi connectivity index (χ3v) is 4.40. The minimum atomic E-state index is -0.869. The summed E-state index contributed by atoms with van der Waals surface area (Å²) in [4.78, 5) is 10.6. The molecule has 0 aliphatic heterocycles. The summed E-state index contributed by atoms with van der Waals surface area (Å²) >= 11 is 0. The highest BCUT2D eigenvalue weighted by atomic mass is 28.2. The van der Waals surface area contributed by atoms with E-state index >= 15 is 0 Å². The number of carbonyl (C=O) groups is 1. The van der Waals surface area contributed by atoms with Gasteiger partial charge >= 0.3 is 5.97 Å². The van der Waals surface area contributed by atoms with E-state index in [0.717, 1.165) is 6.42 Å². The SMILES string of the molecule is C=C(CCC(CCCCC)[SiH2]OC)C(=O)O. The normalized spacial score (nSPS) is 13.1. The Morgan fingerprint density at radius 1 is 1.44 bits per heavy atom. The predicted octanol–water partition coefficient (Wildman–Crippen LogP) is 2.51. The third kappa shape index (κ3) is 7.65. The molecule has 0 fully saturated rings. The number of hydrogen-bond acceptors (Lipinski definition) is 2. The van der Waals surface area contributed by atoms with Gasteiger partial charge in [-0.05, 0) is 18.4 Å². The first-order valence-corrected chi connectivity index (χ1v) is 7.41. The minimum Gasteiger partial charge on any atom is -0.478 e. The summed E-state index contributed by atoms with van der Waals surface area (Å²) in [6.07, 6.45) is 6.42. The summed E-state index contributed by atoms with van der Waals surface area (Å²) in [7, 11) is 1.26. The van der Waals surface area contributed by atoms with Gasteiger partial charge in [-0.1, -0.05) is 39.2 Å². The lowest BCUT2D eigenvalue weighted by Crippen LogP contribution is -2.08. The molecule has 0 radical (unpaired) electrons. The van der Waals surface area contributed by atoms with E-state index < -0.39 is 15.7 Å². The molecular formula is C12H24O3Si. The Morgan fingerprint density at radius 3 is 2.62 bits per heavy atom. The van der Waals surface area contributed by atoms with E-state index in [1.807, 2.05) is 0 Å². The molecule has 0 heterocycles. The van der Waals surface area contributed by atoms with Gasteiger partial charge < -0.3 is 9.53 Å². The van der Waals surface area contributed by atoms with Crippen LogP contribution in [0.1, 0.15) is 45.4 Å². The molecule has 0 aliphatic carbocycles. The lowest BCUT2D eigenvalue weighted by molar-refractivity contribution is -0.132. The maximum Gasteiger partial charge on any atom is 0.330 e. The Kier molecular flexibility index (Phi) is 9.23. The van der Waals surface area contributed by atoms with Crippen LogP contribution in [0.4, 0.5) is 0 Å². The van der Waals surface area contributed by atoms with Crippen LogP contribution in [-0.4, -0.2) is 27.9 Å². The number of carboxylic acid groups (broad SMARTS) is 1. The second-order valence-electron chi connectivity index (χ2n) is 4.26. The average molecular weight is 244 g/mol. The summed E-state index contributed by atoms with van der Waals surface area (Å²) in [5.41, 5.74) is 0.929. The van der Waals surface area contributed by atoms with Crippen molar-refractivity contribution in [1.82, 2.24) is 0 Å². The van der Waals surface area contributed by atoms with E-state index in [-0.39, 0.29) is 0 Å². The Bertz CT molecular complexity index is 216. The fourth-order valence-electron chi connectivity index (χ4n) is 1.72. The molecule has 0 aromatic rings. The molecule has 0 saturated carbocycles. The Morgan fingerprint density at radius 2 is 2.12 bits per heavy atom. The van der Waals surface area contributed by atoms with Crippen LogP contribution < -0.4 is 0 Å². The van der Waals surface area contributed by atoms with Gasteiger partial charge in [0.1, 0.15) is 0 Å². The van der Waals surface area contributed by atoms with Crippen molar-refractivity contribution in [2.24, 2.45) is 0 Å². The maximum atomic E-state index is 10.6. The van der Waals surface area contributed by atoms with Gasteiger partial charge in [0.05, 0.1) is 0 Å². The van der Waals surface area contributed by atoms with Crippen LogP contribution in [0.5, 0.6) is 0 Å². The molecule has 0 aromatic heterocycles. The fraction of sp³-hybridized carbons (Fsp3) is 0.750. The highest BCUT2D eigenvalue weighted by molar-refractivity contribution is 6.29. The molecule has 0 aliphatic rings. The smallest absolute Gasteiger partial charge is 0.330 e.